The molecule has 1 amide bonds. The SMILES string of the molecule is COCCNc1cncc(C(=O)N2CCc3ccccc32)c1. The van der Waals surface area contributed by atoms with E-state index in [0.29, 0.717) is 18.7 Å². The number of ether oxygens (including phenoxy) is 1. The van der Waals surface area contributed by atoms with Crippen LogP contribution in [-0.4, -0.2) is 37.7 Å². The molecule has 2 heterocycles. The minimum Gasteiger partial charge on any atom is -0.383 e. The maximum atomic E-state index is 12.7. The van der Waals surface area contributed by atoms with Gasteiger partial charge in [0.1, 0.15) is 0 Å². The Morgan fingerprint density at radius 2 is 2.23 bits per heavy atom. The highest BCUT2D eigenvalue weighted by atomic mass is 16.5. The molecule has 1 aromatic heterocycles. The average Bonchev–Trinajstić information content (AvgIpc) is 2.99. The lowest BCUT2D eigenvalue weighted by molar-refractivity contribution is 0.0989. The molecule has 1 aromatic carbocycles. The number of hydrogen-bond donors (Lipinski definition) is 1. The van der Waals surface area contributed by atoms with E-state index < -0.39 is 0 Å². The fourth-order valence-corrected chi connectivity index (χ4v) is 2.66. The lowest BCUT2D eigenvalue weighted by Crippen LogP contribution is -2.29. The second-order valence-electron chi connectivity index (χ2n) is 5.22. The maximum absolute atomic E-state index is 12.7. The Kier molecular flexibility index (Phi) is 4.34. The quantitative estimate of drug-likeness (QED) is 0.861. The summed E-state index contributed by atoms with van der Waals surface area (Å²) in [5, 5.41) is 3.19. The minimum atomic E-state index is -0.00663. The molecule has 0 saturated carbocycles. The number of aromatic nitrogens is 1. The van der Waals surface area contributed by atoms with E-state index in [1.165, 1.54) is 5.56 Å². The number of benzene rings is 1. The topological polar surface area (TPSA) is 54.5 Å². The van der Waals surface area contributed by atoms with Crippen LogP contribution in [0.15, 0.2) is 42.7 Å². The molecule has 0 bridgehead atoms. The molecule has 5 nitrogen and oxygen atoms in total. The van der Waals surface area contributed by atoms with Crippen LogP contribution in [0.4, 0.5) is 11.4 Å². The summed E-state index contributed by atoms with van der Waals surface area (Å²) in [5.74, 6) is -0.00663. The van der Waals surface area contributed by atoms with Crippen LogP contribution in [0.1, 0.15) is 15.9 Å². The Morgan fingerprint density at radius 3 is 3.09 bits per heavy atom. The minimum absolute atomic E-state index is 0.00663. The van der Waals surface area contributed by atoms with Crippen LogP contribution < -0.4 is 10.2 Å². The fraction of sp³-hybridized carbons (Fsp3) is 0.294. The number of pyridine rings is 1. The lowest BCUT2D eigenvalue weighted by atomic mass is 10.2. The van der Waals surface area contributed by atoms with Crippen molar-refractivity contribution in [1.29, 1.82) is 0 Å². The number of nitrogens with zero attached hydrogens (tertiary/aromatic N) is 2. The van der Waals surface area contributed by atoms with Crippen molar-refractivity contribution >= 4 is 17.3 Å². The molecule has 2 aromatic rings. The van der Waals surface area contributed by atoms with Gasteiger partial charge in [-0.3, -0.25) is 9.78 Å². The van der Waals surface area contributed by atoms with Gasteiger partial charge in [-0.2, -0.15) is 0 Å². The van der Waals surface area contributed by atoms with Crippen LogP contribution >= 0.6 is 0 Å². The summed E-state index contributed by atoms with van der Waals surface area (Å²) in [6.07, 6.45) is 4.23. The molecular weight excluding hydrogens is 278 g/mol. The van der Waals surface area contributed by atoms with Gasteiger partial charge in [-0.05, 0) is 24.1 Å². The molecule has 0 saturated heterocycles. The van der Waals surface area contributed by atoms with Gasteiger partial charge in [0.05, 0.1) is 17.9 Å². The van der Waals surface area contributed by atoms with Crippen LogP contribution in [0, 0.1) is 0 Å². The van der Waals surface area contributed by atoms with Crippen LogP contribution in [0.3, 0.4) is 0 Å². The van der Waals surface area contributed by atoms with Crippen molar-refractivity contribution in [2.45, 2.75) is 6.42 Å². The molecule has 1 aliphatic heterocycles. The van der Waals surface area contributed by atoms with Crippen molar-refractivity contribution in [2.75, 3.05) is 37.0 Å². The Morgan fingerprint density at radius 1 is 1.36 bits per heavy atom. The van der Waals surface area contributed by atoms with E-state index in [0.717, 1.165) is 24.3 Å². The number of anilines is 2. The van der Waals surface area contributed by atoms with Crippen molar-refractivity contribution in [2.24, 2.45) is 0 Å². The first-order chi connectivity index (χ1) is 10.8. The molecule has 0 radical (unpaired) electrons. The first-order valence-corrected chi connectivity index (χ1v) is 7.37. The van der Waals surface area contributed by atoms with Gasteiger partial charge in [-0.15, -0.1) is 0 Å². The molecule has 0 unspecified atom stereocenters. The second kappa shape index (κ2) is 6.58. The van der Waals surface area contributed by atoms with Gasteiger partial charge >= 0.3 is 0 Å². The standard InChI is InChI=1S/C17H19N3O2/c1-22-9-7-19-15-10-14(11-18-12-15)17(21)20-8-6-13-4-2-3-5-16(13)20/h2-5,10-12,19H,6-9H2,1H3. The molecular formula is C17H19N3O2. The molecule has 0 atom stereocenters. The Bertz CT molecular complexity index is 672. The van der Waals surface area contributed by atoms with Crippen molar-refractivity contribution in [1.82, 2.24) is 4.98 Å². The number of carbonyl (C=O) groups is 1. The van der Waals surface area contributed by atoms with Gasteiger partial charge in [0.25, 0.3) is 5.91 Å². The first-order valence-electron chi connectivity index (χ1n) is 7.37. The third-order valence-corrected chi connectivity index (χ3v) is 3.75. The van der Waals surface area contributed by atoms with Crippen molar-refractivity contribution in [3.63, 3.8) is 0 Å². The monoisotopic (exact) mass is 297 g/mol. The van der Waals surface area contributed by atoms with E-state index in [1.54, 1.807) is 19.5 Å². The van der Waals surface area contributed by atoms with Crippen LogP contribution in [0.2, 0.25) is 0 Å². The zero-order valence-electron chi connectivity index (χ0n) is 12.6. The van der Waals surface area contributed by atoms with E-state index in [1.807, 2.05) is 29.2 Å². The molecule has 0 aliphatic carbocycles. The lowest BCUT2D eigenvalue weighted by Gasteiger charge is -2.17. The van der Waals surface area contributed by atoms with Crippen LogP contribution in [0.25, 0.3) is 0 Å². The van der Waals surface area contributed by atoms with Gasteiger partial charge in [0.15, 0.2) is 0 Å². The summed E-state index contributed by atoms with van der Waals surface area (Å²) >= 11 is 0. The van der Waals surface area contributed by atoms with Crippen molar-refractivity contribution in [3.8, 4) is 0 Å². The number of para-hydroxylation sites is 1. The molecule has 3 rings (SSSR count). The number of fused-ring (bicyclic) bond motifs is 1. The summed E-state index contributed by atoms with van der Waals surface area (Å²) in [4.78, 5) is 18.7. The van der Waals surface area contributed by atoms with E-state index in [-0.39, 0.29) is 5.91 Å². The zero-order valence-corrected chi connectivity index (χ0v) is 12.6. The number of carbonyl (C=O) groups excluding carboxylic acids is 1. The third kappa shape index (κ3) is 2.94. The predicted octanol–water partition coefficient (Wildman–Crippen LogP) is 2.34. The van der Waals surface area contributed by atoms with Gasteiger partial charge in [0, 0.05) is 38.3 Å². The molecule has 22 heavy (non-hydrogen) atoms. The van der Waals surface area contributed by atoms with E-state index in [4.69, 9.17) is 4.74 Å². The fourth-order valence-electron chi connectivity index (χ4n) is 2.66. The van der Waals surface area contributed by atoms with Crippen molar-refractivity contribution in [3.05, 3.63) is 53.9 Å². The maximum Gasteiger partial charge on any atom is 0.259 e. The molecule has 0 fully saturated rings. The number of hydrogen-bond acceptors (Lipinski definition) is 4. The Balaban J connectivity index is 1.77. The molecule has 1 aliphatic rings. The Labute approximate surface area is 129 Å². The summed E-state index contributed by atoms with van der Waals surface area (Å²) in [6.45, 7) is 2.01. The third-order valence-electron chi connectivity index (χ3n) is 3.75. The van der Waals surface area contributed by atoms with Crippen molar-refractivity contribution < 1.29 is 9.53 Å². The molecule has 1 N–H and O–H groups in total. The highest BCUT2D eigenvalue weighted by Gasteiger charge is 2.25. The average molecular weight is 297 g/mol. The predicted molar refractivity (Wildman–Crippen MR) is 86.4 cm³/mol. The number of methoxy groups -OCH3 is 1. The number of amides is 1. The summed E-state index contributed by atoms with van der Waals surface area (Å²) in [7, 11) is 1.66. The van der Waals surface area contributed by atoms with Crippen LogP contribution in [-0.2, 0) is 11.2 Å². The van der Waals surface area contributed by atoms with E-state index in [9.17, 15) is 4.79 Å². The smallest absolute Gasteiger partial charge is 0.259 e. The normalized spacial score (nSPS) is 13.0. The first kappa shape index (κ1) is 14.5. The summed E-state index contributed by atoms with van der Waals surface area (Å²) in [6, 6.07) is 9.88. The van der Waals surface area contributed by atoms with E-state index >= 15 is 0 Å². The molecule has 0 spiro atoms. The Hall–Kier alpha value is -2.40. The van der Waals surface area contributed by atoms with E-state index in [2.05, 4.69) is 16.4 Å². The highest BCUT2D eigenvalue weighted by molar-refractivity contribution is 6.07. The van der Waals surface area contributed by atoms with Gasteiger partial charge in [-0.1, -0.05) is 18.2 Å². The molecule has 114 valence electrons. The van der Waals surface area contributed by atoms with Gasteiger partial charge in [-0.25, -0.2) is 0 Å². The summed E-state index contributed by atoms with van der Waals surface area (Å²) < 4.78 is 5.00. The number of nitrogens with one attached hydrogen (secondary N) is 1. The van der Waals surface area contributed by atoms with Crippen LogP contribution in [0.5, 0.6) is 0 Å². The van der Waals surface area contributed by atoms with Gasteiger partial charge < -0.3 is 15.0 Å². The zero-order chi connectivity index (χ0) is 15.4. The largest absolute Gasteiger partial charge is 0.383 e. The summed E-state index contributed by atoms with van der Waals surface area (Å²) in [5.41, 5.74) is 3.65. The van der Waals surface area contributed by atoms with Gasteiger partial charge in [0.2, 0.25) is 0 Å². The number of rotatable bonds is 5. The molecule has 5 heteroatoms. The highest BCUT2D eigenvalue weighted by Crippen LogP contribution is 2.28. The second-order valence-corrected chi connectivity index (χ2v) is 5.22.